The number of para-hydroxylation sites is 1. The van der Waals surface area contributed by atoms with Gasteiger partial charge in [-0.2, -0.15) is 0 Å². The third-order valence-corrected chi connectivity index (χ3v) is 14.8. The first-order valence-corrected chi connectivity index (χ1v) is 17.1. The van der Waals surface area contributed by atoms with E-state index in [0.717, 1.165) is 11.2 Å². The summed E-state index contributed by atoms with van der Waals surface area (Å²) in [4.78, 5) is 5.33. The van der Waals surface area contributed by atoms with Crippen LogP contribution in [-0.4, -0.2) is 24.5 Å². The van der Waals surface area contributed by atoms with Gasteiger partial charge in [0.1, 0.15) is 0 Å². The fourth-order valence-electron chi connectivity index (χ4n) is 6.09. The van der Waals surface area contributed by atoms with Gasteiger partial charge < -0.3 is 0 Å². The van der Waals surface area contributed by atoms with Gasteiger partial charge in [-0.25, -0.2) is 0 Å². The van der Waals surface area contributed by atoms with E-state index in [4.69, 9.17) is 4.98 Å². The molecule has 8 aromatic rings. The molecule has 2 nitrogen and oxygen atoms in total. The van der Waals surface area contributed by atoms with Crippen LogP contribution in [0.2, 0.25) is 0 Å². The molecule has 0 N–H and O–H groups in total. The molecule has 0 saturated heterocycles. The molecule has 0 amide bonds. The molecule has 0 aliphatic heterocycles. The Labute approximate surface area is 233 Å². The van der Waals surface area contributed by atoms with Crippen molar-refractivity contribution >= 4 is 85.6 Å². The predicted molar refractivity (Wildman–Crippen MR) is 170 cm³/mol. The predicted octanol–water partition coefficient (Wildman–Crippen LogP) is 7.32. The van der Waals surface area contributed by atoms with E-state index in [1.54, 1.807) is 0 Å². The molecule has 0 fully saturated rings. The van der Waals surface area contributed by atoms with Crippen LogP contribution in [0.25, 0.3) is 49.1 Å². The van der Waals surface area contributed by atoms with Crippen LogP contribution in [0.3, 0.4) is 0 Å². The Hall–Kier alpha value is -4.00. The Morgan fingerprint density at radius 2 is 1.10 bits per heavy atom. The van der Waals surface area contributed by atoms with Crippen LogP contribution in [0.4, 0.5) is 0 Å². The molecule has 0 radical (unpaired) electrons. The van der Waals surface area contributed by atoms with Crippen molar-refractivity contribution in [3.8, 4) is 0 Å². The van der Waals surface area contributed by atoms with Crippen molar-refractivity contribution in [2.24, 2.45) is 0 Å². The number of imidazole rings is 1. The van der Waals surface area contributed by atoms with Crippen LogP contribution in [0.5, 0.6) is 0 Å². The summed E-state index contributed by atoms with van der Waals surface area (Å²) in [7, 11) is 0. The summed E-state index contributed by atoms with van der Waals surface area (Å²) in [5, 5.41) is 10.1. The molecule has 2 heterocycles. The number of fused-ring (bicyclic) bond motifs is 10. The maximum atomic E-state index is 5.33. The van der Waals surface area contributed by atoms with Crippen molar-refractivity contribution in [3.05, 3.63) is 140 Å². The zero-order valence-corrected chi connectivity index (χ0v) is 23.6. The van der Waals surface area contributed by atoms with Crippen molar-refractivity contribution in [2.75, 3.05) is 0 Å². The third-order valence-electron chi connectivity index (χ3n) is 7.82. The molecule has 0 aliphatic rings. The van der Waals surface area contributed by atoms with Gasteiger partial charge in [0.25, 0.3) is 0 Å². The van der Waals surface area contributed by atoms with Crippen molar-refractivity contribution in [3.63, 3.8) is 0 Å². The summed E-state index contributed by atoms with van der Waals surface area (Å²) >= 11 is 3.78. The maximum absolute atomic E-state index is 5.33. The molecular formula is C35H23N2PSe. The zero-order valence-electron chi connectivity index (χ0n) is 21.0. The Morgan fingerprint density at radius 3 is 1.82 bits per heavy atom. The summed E-state index contributed by atoms with van der Waals surface area (Å²) in [6.45, 7) is 0. The molecule has 39 heavy (non-hydrogen) atoms. The monoisotopic (exact) mass is 582 g/mol. The van der Waals surface area contributed by atoms with Gasteiger partial charge in [-0.1, -0.05) is 0 Å². The van der Waals surface area contributed by atoms with Gasteiger partial charge in [0.05, 0.1) is 0 Å². The number of benzene rings is 6. The van der Waals surface area contributed by atoms with Gasteiger partial charge >= 0.3 is 235 Å². The quantitative estimate of drug-likeness (QED) is 0.121. The van der Waals surface area contributed by atoms with Crippen molar-refractivity contribution in [1.82, 2.24) is 9.38 Å². The minimum atomic E-state index is -2.13. The second kappa shape index (κ2) is 8.76. The first-order chi connectivity index (χ1) is 19.2. The third kappa shape index (κ3) is 3.28. The van der Waals surface area contributed by atoms with Gasteiger partial charge in [0.2, 0.25) is 0 Å². The van der Waals surface area contributed by atoms with Gasteiger partial charge in [-0.05, 0) is 0 Å². The van der Waals surface area contributed by atoms with Crippen molar-refractivity contribution in [2.45, 2.75) is 0 Å². The van der Waals surface area contributed by atoms with E-state index in [0.29, 0.717) is 0 Å². The Morgan fingerprint density at radius 1 is 0.487 bits per heavy atom. The summed E-state index contributed by atoms with van der Waals surface area (Å²) in [5.41, 5.74) is 2.29. The summed E-state index contributed by atoms with van der Waals surface area (Å²) in [6.07, 6.45) is 0. The molecule has 8 rings (SSSR count). The van der Waals surface area contributed by atoms with Crippen LogP contribution < -0.4 is 15.9 Å². The first-order valence-electron chi connectivity index (χ1n) is 13.1. The molecule has 6 aromatic carbocycles. The van der Waals surface area contributed by atoms with Crippen LogP contribution >= 0.6 is 5.51 Å². The van der Waals surface area contributed by atoms with E-state index < -0.39 is 5.51 Å². The van der Waals surface area contributed by atoms with Crippen LogP contribution in [0, 0.1) is 0 Å². The van der Waals surface area contributed by atoms with Gasteiger partial charge in [-0.3, -0.25) is 0 Å². The molecule has 0 spiro atoms. The van der Waals surface area contributed by atoms with E-state index in [-0.39, 0.29) is 0 Å². The molecule has 184 valence electrons. The fraction of sp³-hybridized carbons (Fsp3) is 0. The van der Waals surface area contributed by atoms with Gasteiger partial charge in [0, 0.05) is 0 Å². The number of hydrogen-bond acceptors (Lipinski definition) is 1. The second-order valence-electron chi connectivity index (χ2n) is 9.92. The summed E-state index contributed by atoms with van der Waals surface area (Å²) in [5.74, 6) is 0. The molecule has 2 aromatic heterocycles. The van der Waals surface area contributed by atoms with E-state index in [2.05, 4.69) is 159 Å². The Balaban J connectivity index is 1.66. The van der Waals surface area contributed by atoms with Gasteiger partial charge in [0.15, 0.2) is 0 Å². The standard InChI is InChI=1S/C35H23N2PSe/c39-38(25-13-3-1-4-14-25,26-15-5-2-6-16-26)32-21-11-20-31-34(32)37-33-27-17-8-7-12-24(27)22-23-29(33)28-18-9-10-19-30(28)35(37)36-31/h1-23H. The van der Waals surface area contributed by atoms with Crippen molar-refractivity contribution < 1.29 is 0 Å². The minimum absolute atomic E-state index is 1.00. The average Bonchev–Trinajstić information content (AvgIpc) is 3.41. The van der Waals surface area contributed by atoms with Crippen LogP contribution in [0.1, 0.15) is 0 Å². The number of hydrogen-bond donors (Lipinski definition) is 0. The number of nitrogens with zero attached hydrogens (tertiary/aromatic N) is 2. The number of pyridine rings is 1. The molecule has 0 saturated carbocycles. The van der Waals surface area contributed by atoms with Crippen molar-refractivity contribution in [1.29, 1.82) is 0 Å². The molecule has 0 atom stereocenters. The molecule has 0 aliphatic carbocycles. The van der Waals surface area contributed by atoms with E-state index in [1.165, 1.54) is 53.9 Å². The topological polar surface area (TPSA) is 17.3 Å². The zero-order chi connectivity index (χ0) is 26.0. The second-order valence-corrected chi connectivity index (χ2v) is 16.1. The normalized spacial score (nSPS) is 12.2. The molecular weight excluding hydrogens is 558 g/mol. The van der Waals surface area contributed by atoms with E-state index in [1.807, 2.05) is 0 Å². The SMILES string of the molecule is [Se]=P(c1ccccc1)(c1ccccc1)c1cccc2nc3c4ccccc4c4ccc5ccccc5c4n3c12. The number of aromatic nitrogens is 2. The van der Waals surface area contributed by atoms with Gasteiger partial charge in [-0.15, -0.1) is 0 Å². The summed E-state index contributed by atoms with van der Waals surface area (Å²) in [6, 6.07) is 50.4. The number of rotatable bonds is 3. The Kier molecular flexibility index (Phi) is 5.15. The molecule has 4 heteroatoms. The first kappa shape index (κ1) is 22.9. The van der Waals surface area contributed by atoms with Crippen LogP contribution in [0.15, 0.2) is 140 Å². The average molecular weight is 582 g/mol. The van der Waals surface area contributed by atoms with E-state index in [9.17, 15) is 0 Å². The summed E-state index contributed by atoms with van der Waals surface area (Å²) < 4.78 is 2.45. The Bertz CT molecular complexity index is 2210. The van der Waals surface area contributed by atoms with E-state index >= 15 is 0 Å². The molecule has 0 unspecified atom stereocenters. The van der Waals surface area contributed by atoms with Crippen LogP contribution in [-0.2, 0) is 0 Å². The molecule has 0 bridgehead atoms. The fourth-order valence-corrected chi connectivity index (χ4v) is 11.4.